The van der Waals surface area contributed by atoms with Crippen LogP contribution >= 0.6 is 0 Å². The minimum Gasteiger partial charge on any atom is -0.507 e. The average molecular weight is 486 g/mol. The number of carbonyl (C=O) groups excluding carboxylic acids is 2. The largest absolute Gasteiger partial charge is 0.507 e. The molecule has 1 N–H and O–H groups in total. The molecule has 6 heteroatoms. The molecule has 4 rings (SSSR count). The van der Waals surface area contributed by atoms with Crippen LogP contribution < -0.4 is 9.47 Å². The lowest BCUT2D eigenvalue weighted by atomic mass is 9.95. The first-order valence-corrected chi connectivity index (χ1v) is 12.3. The van der Waals surface area contributed by atoms with E-state index in [-0.39, 0.29) is 11.3 Å². The predicted octanol–water partition coefficient (Wildman–Crippen LogP) is 5.54. The third-order valence-corrected chi connectivity index (χ3v) is 6.11. The van der Waals surface area contributed by atoms with E-state index in [4.69, 9.17) is 9.47 Å². The van der Waals surface area contributed by atoms with Gasteiger partial charge in [-0.05, 0) is 67.3 Å². The minimum atomic E-state index is -0.731. The number of nitrogens with zero attached hydrogens (tertiary/aromatic N) is 1. The zero-order chi connectivity index (χ0) is 25.5. The minimum absolute atomic E-state index is 0.0731. The molecular formula is C30H31NO5. The van der Waals surface area contributed by atoms with Gasteiger partial charge < -0.3 is 19.5 Å². The number of aliphatic hydroxyl groups excluding tert-OH is 1. The molecule has 0 aliphatic carbocycles. The second-order valence-corrected chi connectivity index (χ2v) is 8.61. The number of Topliss-reactive ketones (excluding diaryl/α,β-unsaturated/α-hetero) is 1. The number of benzene rings is 3. The van der Waals surface area contributed by atoms with Crippen molar-refractivity contribution >= 4 is 17.4 Å². The lowest BCUT2D eigenvalue weighted by Crippen LogP contribution is -2.31. The Morgan fingerprint density at radius 3 is 2.33 bits per heavy atom. The summed E-state index contributed by atoms with van der Waals surface area (Å²) in [6.45, 7) is 5.33. The molecule has 3 aromatic rings. The number of hydrogen-bond acceptors (Lipinski definition) is 5. The van der Waals surface area contributed by atoms with Crippen molar-refractivity contribution in [3.8, 4) is 11.5 Å². The van der Waals surface area contributed by atoms with E-state index in [0.29, 0.717) is 48.8 Å². The van der Waals surface area contributed by atoms with Crippen LogP contribution in [0.3, 0.4) is 0 Å². The maximum absolute atomic E-state index is 13.3. The van der Waals surface area contributed by atoms with Gasteiger partial charge in [-0.3, -0.25) is 9.59 Å². The third kappa shape index (κ3) is 5.43. The van der Waals surface area contributed by atoms with Crippen LogP contribution in [0.4, 0.5) is 0 Å². The highest BCUT2D eigenvalue weighted by Gasteiger charge is 2.46. The van der Waals surface area contributed by atoms with Gasteiger partial charge in [-0.25, -0.2) is 0 Å². The Hall–Kier alpha value is -4.06. The molecular weight excluding hydrogens is 454 g/mol. The molecule has 0 radical (unpaired) electrons. The van der Waals surface area contributed by atoms with Gasteiger partial charge in [0.1, 0.15) is 17.3 Å². The molecule has 1 saturated heterocycles. The van der Waals surface area contributed by atoms with Crippen LogP contribution in [0.15, 0.2) is 84.4 Å². The summed E-state index contributed by atoms with van der Waals surface area (Å²) in [5, 5.41) is 11.3. The van der Waals surface area contributed by atoms with E-state index in [1.165, 1.54) is 0 Å². The number of aliphatic hydroxyl groups is 1. The number of ketones is 1. The molecule has 1 aliphatic rings. The standard InChI is InChI=1S/C30H31NO5/c1-3-19-36-24-15-13-22(14-16-24)28(32)26-27(23-11-8-12-25(20-23)35-4-2)31(30(34)29(26)33)18-17-21-9-6-5-7-10-21/h5-16,20,27,32H,3-4,17-19H2,1-2H3/b28-26+. The van der Waals surface area contributed by atoms with Gasteiger partial charge in [-0.1, -0.05) is 49.4 Å². The molecule has 1 unspecified atom stereocenters. The molecule has 3 aromatic carbocycles. The van der Waals surface area contributed by atoms with Gasteiger partial charge >= 0.3 is 0 Å². The van der Waals surface area contributed by atoms with Crippen molar-refractivity contribution in [2.45, 2.75) is 32.7 Å². The number of ether oxygens (including phenoxy) is 2. The van der Waals surface area contributed by atoms with E-state index >= 15 is 0 Å². The van der Waals surface area contributed by atoms with Crippen molar-refractivity contribution in [3.63, 3.8) is 0 Å². The van der Waals surface area contributed by atoms with E-state index in [9.17, 15) is 14.7 Å². The first-order chi connectivity index (χ1) is 17.5. The molecule has 1 heterocycles. The van der Waals surface area contributed by atoms with Crippen LogP contribution in [-0.2, 0) is 16.0 Å². The van der Waals surface area contributed by atoms with Gasteiger partial charge in [-0.15, -0.1) is 0 Å². The van der Waals surface area contributed by atoms with Crippen LogP contribution in [0.1, 0.15) is 43.0 Å². The van der Waals surface area contributed by atoms with E-state index < -0.39 is 17.7 Å². The Bertz CT molecular complexity index is 1230. The van der Waals surface area contributed by atoms with Crippen molar-refractivity contribution in [1.82, 2.24) is 4.90 Å². The first-order valence-electron chi connectivity index (χ1n) is 12.3. The molecule has 1 fully saturated rings. The summed E-state index contributed by atoms with van der Waals surface area (Å²) in [5.74, 6) is -0.205. The monoisotopic (exact) mass is 485 g/mol. The van der Waals surface area contributed by atoms with E-state index in [0.717, 1.165) is 12.0 Å². The van der Waals surface area contributed by atoms with Crippen molar-refractivity contribution in [1.29, 1.82) is 0 Å². The highest BCUT2D eigenvalue weighted by molar-refractivity contribution is 6.46. The zero-order valence-electron chi connectivity index (χ0n) is 20.6. The van der Waals surface area contributed by atoms with Crippen molar-refractivity contribution in [3.05, 3.63) is 101 Å². The Labute approximate surface area is 211 Å². The van der Waals surface area contributed by atoms with Gasteiger partial charge in [0.05, 0.1) is 24.8 Å². The third-order valence-electron chi connectivity index (χ3n) is 6.11. The quantitative estimate of drug-likeness (QED) is 0.232. The topological polar surface area (TPSA) is 76.1 Å². The van der Waals surface area contributed by atoms with Crippen LogP contribution in [-0.4, -0.2) is 41.5 Å². The molecule has 1 amide bonds. The Balaban J connectivity index is 1.74. The fraction of sp³-hybridized carbons (Fsp3) is 0.267. The summed E-state index contributed by atoms with van der Waals surface area (Å²) in [5.41, 5.74) is 2.29. The lowest BCUT2D eigenvalue weighted by molar-refractivity contribution is -0.139. The number of hydrogen-bond donors (Lipinski definition) is 1. The van der Waals surface area contributed by atoms with Gasteiger partial charge in [0, 0.05) is 12.1 Å². The summed E-state index contributed by atoms with van der Waals surface area (Å²) in [6.07, 6.45) is 1.47. The van der Waals surface area contributed by atoms with Crippen LogP contribution in [0.5, 0.6) is 11.5 Å². The molecule has 0 aromatic heterocycles. The summed E-state index contributed by atoms with van der Waals surface area (Å²) in [4.78, 5) is 28.0. The van der Waals surface area contributed by atoms with Gasteiger partial charge in [-0.2, -0.15) is 0 Å². The predicted molar refractivity (Wildman–Crippen MR) is 139 cm³/mol. The first kappa shape index (κ1) is 25.0. The second kappa shape index (κ2) is 11.6. The van der Waals surface area contributed by atoms with Gasteiger partial charge in [0.25, 0.3) is 11.7 Å². The number of likely N-dealkylation sites (tertiary alicyclic amines) is 1. The van der Waals surface area contributed by atoms with Gasteiger partial charge in [0.15, 0.2) is 0 Å². The molecule has 1 atom stereocenters. The molecule has 6 nitrogen and oxygen atoms in total. The zero-order valence-corrected chi connectivity index (χ0v) is 20.6. The highest BCUT2D eigenvalue weighted by Crippen LogP contribution is 2.40. The van der Waals surface area contributed by atoms with Crippen LogP contribution in [0.2, 0.25) is 0 Å². The van der Waals surface area contributed by atoms with Gasteiger partial charge in [0.2, 0.25) is 0 Å². The summed E-state index contributed by atoms with van der Waals surface area (Å²) >= 11 is 0. The second-order valence-electron chi connectivity index (χ2n) is 8.61. The summed E-state index contributed by atoms with van der Waals surface area (Å²) < 4.78 is 11.3. The van der Waals surface area contributed by atoms with E-state index in [2.05, 4.69) is 0 Å². The Kier molecular flexibility index (Phi) is 8.06. The summed E-state index contributed by atoms with van der Waals surface area (Å²) in [6, 6.07) is 23.3. The molecule has 0 spiro atoms. The Morgan fingerprint density at radius 1 is 0.889 bits per heavy atom. The van der Waals surface area contributed by atoms with Crippen LogP contribution in [0, 0.1) is 0 Å². The fourth-order valence-corrected chi connectivity index (χ4v) is 4.38. The maximum Gasteiger partial charge on any atom is 0.295 e. The normalized spacial score (nSPS) is 16.8. The smallest absolute Gasteiger partial charge is 0.295 e. The number of carbonyl (C=O) groups is 2. The Morgan fingerprint density at radius 2 is 1.64 bits per heavy atom. The van der Waals surface area contributed by atoms with E-state index in [1.54, 1.807) is 29.2 Å². The molecule has 0 saturated carbocycles. The fourth-order valence-electron chi connectivity index (χ4n) is 4.38. The molecule has 186 valence electrons. The summed E-state index contributed by atoms with van der Waals surface area (Å²) in [7, 11) is 0. The average Bonchev–Trinajstić information content (AvgIpc) is 3.16. The van der Waals surface area contributed by atoms with Crippen LogP contribution in [0.25, 0.3) is 5.76 Å². The van der Waals surface area contributed by atoms with Crippen molar-refractivity contribution in [2.75, 3.05) is 19.8 Å². The molecule has 0 bridgehead atoms. The SMILES string of the molecule is CCCOc1ccc(/C(O)=C2\C(=O)C(=O)N(CCc3ccccc3)C2c2cccc(OCC)c2)cc1. The number of rotatable bonds is 10. The molecule has 1 aliphatic heterocycles. The number of amides is 1. The van der Waals surface area contributed by atoms with Crippen molar-refractivity contribution < 1.29 is 24.2 Å². The van der Waals surface area contributed by atoms with E-state index in [1.807, 2.05) is 68.4 Å². The lowest BCUT2D eigenvalue weighted by Gasteiger charge is -2.25. The molecule has 36 heavy (non-hydrogen) atoms. The highest BCUT2D eigenvalue weighted by atomic mass is 16.5. The maximum atomic E-state index is 13.3. The van der Waals surface area contributed by atoms with Crippen molar-refractivity contribution in [2.24, 2.45) is 0 Å².